The largest absolute Gasteiger partial charge is 0.508 e. The van der Waals surface area contributed by atoms with E-state index in [9.17, 15) is 18.7 Å². The first-order valence-electron chi connectivity index (χ1n) is 19.9. The highest BCUT2D eigenvalue weighted by Gasteiger charge is 2.30. The van der Waals surface area contributed by atoms with Crippen LogP contribution in [0.5, 0.6) is 11.5 Å². The molecule has 1 fully saturated rings. The average Bonchev–Trinajstić information content (AvgIpc) is 3.19. The minimum Gasteiger partial charge on any atom is -0.508 e. The van der Waals surface area contributed by atoms with Crippen LogP contribution < -0.4 is 9.64 Å². The zero-order valence-electron chi connectivity index (χ0n) is 32.6. The highest BCUT2D eigenvalue weighted by atomic mass is 19.2. The molecule has 1 aliphatic heterocycles. The molecule has 0 aromatic heterocycles. The Bertz CT molecular complexity index is 1860. The normalized spacial score (nSPS) is 15.2. The molecule has 0 saturated carbocycles. The van der Waals surface area contributed by atoms with Gasteiger partial charge in [0, 0.05) is 49.8 Å². The third-order valence-corrected chi connectivity index (χ3v) is 11.3. The monoisotopic (exact) mass is 742 g/mol. The van der Waals surface area contributed by atoms with E-state index in [-0.39, 0.29) is 35.0 Å². The highest BCUT2D eigenvalue weighted by molar-refractivity contribution is 5.97. The number of ether oxygens (including phenoxy) is 1. The third-order valence-electron chi connectivity index (χ3n) is 11.3. The molecule has 3 atom stereocenters. The second kappa shape index (κ2) is 19.3. The number of hydrogen-bond acceptors (Lipinski definition) is 5. The number of aromatic hydroxyl groups is 1. The molecule has 0 spiro atoms. The molecule has 0 aliphatic carbocycles. The van der Waals surface area contributed by atoms with E-state index >= 15 is 4.39 Å². The minimum atomic E-state index is -0.912. The maximum atomic E-state index is 15.8. The van der Waals surface area contributed by atoms with Crippen LogP contribution in [-0.4, -0.2) is 55.1 Å². The van der Waals surface area contributed by atoms with Gasteiger partial charge < -0.3 is 14.7 Å². The van der Waals surface area contributed by atoms with Gasteiger partial charge in [-0.3, -0.25) is 9.69 Å². The van der Waals surface area contributed by atoms with Crippen LogP contribution in [0.25, 0.3) is 0 Å². The Labute approximate surface area is 320 Å². The number of hydrogen-bond donors (Lipinski definition) is 1. The number of carbonyl (C=O) groups excluding carboxylic acids is 1. The molecule has 8 heteroatoms. The summed E-state index contributed by atoms with van der Waals surface area (Å²) in [6.07, 6.45) is 5.62. The number of carbonyl (C=O) groups is 1. The van der Waals surface area contributed by atoms with Gasteiger partial charge >= 0.3 is 0 Å². The number of rotatable bonds is 18. The predicted octanol–water partition coefficient (Wildman–Crippen LogP) is 11.2. The molecule has 1 saturated heterocycles. The Morgan fingerprint density at radius 3 is 2.17 bits per heavy atom. The predicted molar refractivity (Wildman–Crippen MR) is 213 cm³/mol. The van der Waals surface area contributed by atoms with E-state index in [0.29, 0.717) is 30.6 Å². The van der Waals surface area contributed by atoms with Crippen LogP contribution in [0.2, 0.25) is 0 Å². The number of piperazine rings is 1. The van der Waals surface area contributed by atoms with E-state index in [1.54, 1.807) is 24.3 Å². The van der Waals surface area contributed by atoms with Crippen molar-refractivity contribution in [1.29, 1.82) is 0 Å². The molecule has 5 nitrogen and oxygen atoms in total. The van der Waals surface area contributed by atoms with Crippen molar-refractivity contribution in [2.75, 3.05) is 44.2 Å². The van der Waals surface area contributed by atoms with Crippen molar-refractivity contribution in [2.24, 2.45) is 0 Å². The van der Waals surface area contributed by atoms with Gasteiger partial charge in [-0.15, -0.1) is 0 Å². The second-order valence-corrected chi connectivity index (χ2v) is 14.7. The van der Waals surface area contributed by atoms with Gasteiger partial charge in [0.05, 0.1) is 6.61 Å². The van der Waals surface area contributed by atoms with Gasteiger partial charge in [-0.25, -0.2) is 13.2 Å². The van der Waals surface area contributed by atoms with E-state index in [1.807, 2.05) is 32.0 Å². The smallest absolute Gasteiger partial charge is 0.165 e. The maximum absolute atomic E-state index is 15.8. The van der Waals surface area contributed by atoms with Crippen molar-refractivity contribution in [1.82, 2.24) is 4.90 Å². The number of phenols is 1. The number of unbranched alkanes of at least 4 members (excludes halogenated alkanes) is 2. The Morgan fingerprint density at radius 2 is 1.50 bits per heavy atom. The van der Waals surface area contributed by atoms with Crippen LogP contribution in [0.15, 0.2) is 72.8 Å². The summed E-state index contributed by atoms with van der Waals surface area (Å²) in [4.78, 5) is 17.2. The van der Waals surface area contributed by atoms with E-state index in [0.717, 1.165) is 93.1 Å². The fraction of sp³-hybridized carbons (Fsp3) is 0.457. The number of Topliss-reactive ketones (excluding diaryl/α,β-unsaturated/α-hetero) is 1. The number of benzene rings is 4. The Hall–Kier alpha value is -4.30. The van der Waals surface area contributed by atoms with Crippen LogP contribution in [0.1, 0.15) is 129 Å². The van der Waals surface area contributed by atoms with Crippen LogP contribution >= 0.6 is 0 Å². The first-order valence-corrected chi connectivity index (χ1v) is 19.9. The second-order valence-electron chi connectivity index (χ2n) is 14.7. The molecule has 0 bridgehead atoms. The molecule has 0 amide bonds. The molecule has 2 unspecified atom stereocenters. The quantitative estimate of drug-likeness (QED) is 0.0813. The Kier molecular flexibility index (Phi) is 14.6. The van der Waals surface area contributed by atoms with Crippen molar-refractivity contribution in [3.8, 4) is 11.5 Å². The lowest BCUT2D eigenvalue weighted by Gasteiger charge is -2.36. The summed E-state index contributed by atoms with van der Waals surface area (Å²) in [6.45, 7) is 15.5. The SMILES string of the molecule is CCC(=O)c1ccc(N2CCN(CCCCCOc3ccc([C@H](c4ccc(O)cc4C(C)CC)C(CC)c4ccc(F)c(F)c4)cc3F)CC2)cc1CC. The fourth-order valence-electron chi connectivity index (χ4n) is 7.91. The van der Waals surface area contributed by atoms with Gasteiger partial charge in [0.25, 0.3) is 0 Å². The molecule has 1 N–H and O–H groups in total. The molecular weight excluding hydrogens is 686 g/mol. The van der Waals surface area contributed by atoms with Gasteiger partial charge in [-0.1, -0.05) is 52.8 Å². The minimum absolute atomic E-state index is 0.116. The molecule has 54 heavy (non-hydrogen) atoms. The average molecular weight is 743 g/mol. The van der Waals surface area contributed by atoms with Crippen molar-refractivity contribution in [2.45, 2.75) is 97.3 Å². The van der Waals surface area contributed by atoms with Gasteiger partial charge in [-0.05, 0) is 139 Å². The summed E-state index contributed by atoms with van der Waals surface area (Å²) in [5, 5.41) is 10.4. The molecule has 4 aromatic rings. The topological polar surface area (TPSA) is 53.0 Å². The van der Waals surface area contributed by atoms with Gasteiger partial charge in [0.1, 0.15) is 5.75 Å². The zero-order chi connectivity index (χ0) is 38.8. The molecule has 1 aliphatic rings. The van der Waals surface area contributed by atoms with Crippen molar-refractivity contribution < 1.29 is 27.8 Å². The standard InChI is InChI=1S/C46H57F3N2O3/c1-6-31(5)40-30-36(52)16-18-39(40)46(37(8-3)33-13-19-41(47)42(48)28-33)34-14-20-45(43(49)29-34)54-26-12-10-11-21-50-22-24-51(25-23-50)35-15-17-38(44(53)9-4)32(7-2)27-35/h13-20,27-31,37,46,52H,6-12,21-26H2,1-5H3/t31?,37?,46-/m0/s1. The molecular formula is C46H57F3N2O3. The number of ketones is 1. The summed E-state index contributed by atoms with van der Waals surface area (Å²) < 4.78 is 50.2. The molecule has 0 radical (unpaired) electrons. The van der Waals surface area contributed by atoms with Gasteiger partial charge in [0.15, 0.2) is 29.0 Å². The lowest BCUT2D eigenvalue weighted by molar-refractivity contribution is 0.0987. The maximum Gasteiger partial charge on any atom is 0.165 e. The number of halogens is 3. The lowest BCUT2D eigenvalue weighted by atomic mass is 9.73. The number of aryl methyl sites for hydroxylation is 1. The van der Waals surface area contributed by atoms with Gasteiger partial charge in [0.2, 0.25) is 0 Å². The van der Waals surface area contributed by atoms with E-state index < -0.39 is 17.5 Å². The Morgan fingerprint density at radius 1 is 0.759 bits per heavy atom. The molecule has 5 rings (SSSR count). The van der Waals surface area contributed by atoms with Crippen molar-refractivity contribution in [3.05, 3.63) is 124 Å². The van der Waals surface area contributed by atoms with E-state index in [1.165, 1.54) is 17.8 Å². The van der Waals surface area contributed by atoms with Crippen LogP contribution in [0.3, 0.4) is 0 Å². The third kappa shape index (κ3) is 9.86. The number of nitrogens with zero attached hydrogens (tertiary/aromatic N) is 2. The van der Waals surface area contributed by atoms with E-state index in [4.69, 9.17) is 4.74 Å². The van der Waals surface area contributed by atoms with Gasteiger partial charge in [-0.2, -0.15) is 0 Å². The fourth-order valence-corrected chi connectivity index (χ4v) is 7.91. The molecule has 290 valence electrons. The molecule has 4 aromatic carbocycles. The highest BCUT2D eigenvalue weighted by Crippen LogP contribution is 2.45. The summed E-state index contributed by atoms with van der Waals surface area (Å²) >= 11 is 0. The summed E-state index contributed by atoms with van der Waals surface area (Å²) in [5.41, 5.74) is 6.39. The lowest BCUT2D eigenvalue weighted by Crippen LogP contribution is -2.46. The summed E-state index contributed by atoms with van der Waals surface area (Å²) in [6, 6.07) is 20.6. The summed E-state index contributed by atoms with van der Waals surface area (Å²) in [7, 11) is 0. The van der Waals surface area contributed by atoms with E-state index in [2.05, 4.69) is 42.7 Å². The van der Waals surface area contributed by atoms with Crippen LogP contribution in [0, 0.1) is 17.5 Å². The van der Waals surface area contributed by atoms with Crippen LogP contribution in [0.4, 0.5) is 18.9 Å². The Balaban J connectivity index is 1.18. The summed E-state index contributed by atoms with van der Waals surface area (Å²) in [5.74, 6) is -2.27. The molecule has 1 heterocycles. The van der Waals surface area contributed by atoms with Crippen LogP contribution in [-0.2, 0) is 6.42 Å². The first kappa shape index (κ1) is 40.9. The zero-order valence-corrected chi connectivity index (χ0v) is 32.6. The van der Waals surface area contributed by atoms with Crippen molar-refractivity contribution >= 4 is 11.5 Å². The van der Waals surface area contributed by atoms with Crippen molar-refractivity contribution in [3.63, 3.8) is 0 Å². The number of anilines is 1. The first-order chi connectivity index (χ1) is 26.1. The number of phenolic OH excluding ortho intramolecular Hbond substituents is 1.